The Labute approximate surface area is 156 Å². The number of fused-ring (bicyclic) bond motifs is 1. The van der Waals surface area contributed by atoms with Crippen LogP contribution in [0.4, 0.5) is 35.0 Å². The molecule has 0 unspecified atom stereocenters. The standard InChI is InChI=1S/C17H14F3N3O3S/c1-27-15-7-10-5-6-22(14(10)9-13(15)17(18,19)20)16(24)21-11-3-2-4-12(8-11)23(25)26/h2-4,7-9H,5-6H2,1H3,(H,21,24). The Morgan fingerprint density at radius 2 is 2.04 bits per heavy atom. The van der Waals surface area contributed by atoms with Crippen LogP contribution in [0.3, 0.4) is 0 Å². The molecule has 0 saturated carbocycles. The minimum atomic E-state index is -4.53. The summed E-state index contributed by atoms with van der Waals surface area (Å²) in [6, 6.07) is 7.16. The number of hydrogen-bond acceptors (Lipinski definition) is 4. The van der Waals surface area contributed by atoms with Gasteiger partial charge in [-0.2, -0.15) is 13.2 Å². The first-order valence-electron chi connectivity index (χ1n) is 7.82. The summed E-state index contributed by atoms with van der Waals surface area (Å²) >= 11 is 1.00. The molecule has 27 heavy (non-hydrogen) atoms. The molecular formula is C17H14F3N3O3S. The summed E-state index contributed by atoms with van der Waals surface area (Å²) in [5.41, 5.74) is 0.0615. The third-order valence-corrected chi connectivity index (χ3v) is 4.93. The smallest absolute Gasteiger partial charge is 0.307 e. The number of nitrogens with zero attached hydrogens (tertiary/aromatic N) is 2. The highest BCUT2D eigenvalue weighted by Gasteiger charge is 2.36. The SMILES string of the molecule is CSc1cc2c(cc1C(F)(F)F)N(C(=O)Nc1cccc([N+](=O)[O-])c1)CC2. The molecule has 0 saturated heterocycles. The summed E-state index contributed by atoms with van der Waals surface area (Å²) in [5.74, 6) is 0. The molecule has 0 fully saturated rings. The molecule has 0 radical (unpaired) electrons. The zero-order chi connectivity index (χ0) is 19.8. The topological polar surface area (TPSA) is 75.5 Å². The number of nitro groups is 1. The number of nitrogens with one attached hydrogen (secondary N) is 1. The lowest BCUT2D eigenvalue weighted by molar-refractivity contribution is -0.384. The number of alkyl halides is 3. The first kappa shape index (κ1) is 19.0. The molecule has 1 N–H and O–H groups in total. The van der Waals surface area contributed by atoms with Crippen LogP contribution >= 0.6 is 11.8 Å². The molecule has 2 aromatic carbocycles. The van der Waals surface area contributed by atoms with Crippen molar-refractivity contribution in [2.75, 3.05) is 23.0 Å². The van der Waals surface area contributed by atoms with Crippen molar-refractivity contribution in [3.8, 4) is 0 Å². The number of hydrogen-bond donors (Lipinski definition) is 1. The van der Waals surface area contributed by atoms with Crippen molar-refractivity contribution in [3.05, 3.63) is 57.6 Å². The molecule has 3 rings (SSSR count). The van der Waals surface area contributed by atoms with E-state index >= 15 is 0 Å². The fourth-order valence-electron chi connectivity index (χ4n) is 2.90. The van der Waals surface area contributed by atoms with E-state index in [0.29, 0.717) is 12.0 Å². The second kappa shape index (κ2) is 7.10. The number of carbonyl (C=O) groups is 1. The van der Waals surface area contributed by atoms with Crippen LogP contribution in [0.15, 0.2) is 41.3 Å². The Balaban J connectivity index is 1.89. The number of urea groups is 1. The normalized spacial score (nSPS) is 13.4. The van der Waals surface area contributed by atoms with Gasteiger partial charge >= 0.3 is 12.2 Å². The quantitative estimate of drug-likeness (QED) is 0.453. The highest BCUT2D eigenvalue weighted by atomic mass is 32.2. The molecule has 0 spiro atoms. The van der Waals surface area contributed by atoms with Gasteiger partial charge in [-0.3, -0.25) is 15.0 Å². The van der Waals surface area contributed by atoms with Crippen LogP contribution in [-0.2, 0) is 12.6 Å². The Morgan fingerprint density at radius 1 is 1.30 bits per heavy atom. The molecule has 6 nitrogen and oxygen atoms in total. The molecule has 2 amide bonds. The lowest BCUT2D eigenvalue weighted by Gasteiger charge is -2.20. The van der Waals surface area contributed by atoms with E-state index in [1.807, 2.05) is 0 Å². The van der Waals surface area contributed by atoms with Crippen LogP contribution in [0.2, 0.25) is 0 Å². The van der Waals surface area contributed by atoms with Crippen LogP contribution in [0.5, 0.6) is 0 Å². The molecule has 2 aromatic rings. The summed E-state index contributed by atoms with van der Waals surface area (Å²) in [6.45, 7) is 0.227. The van der Waals surface area contributed by atoms with E-state index in [9.17, 15) is 28.1 Å². The number of nitro benzene ring substituents is 1. The summed E-state index contributed by atoms with van der Waals surface area (Å²) in [4.78, 5) is 24.1. The lowest BCUT2D eigenvalue weighted by atomic mass is 10.1. The van der Waals surface area contributed by atoms with Gasteiger partial charge in [0.1, 0.15) is 0 Å². The zero-order valence-electron chi connectivity index (χ0n) is 14.0. The first-order chi connectivity index (χ1) is 12.7. The molecule has 0 aliphatic carbocycles. The van der Waals surface area contributed by atoms with Crippen LogP contribution < -0.4 is 10.2 Å². The second-order valence-corrected chi connectivity index (χ2v) is 6.67. The van der Waals surface area contributed by atoms with Crippen molar-refractivity contribution < 1.29 is 22.9 Å². The van der Waals surface area contributed by atoms with E-state index in [1.54, 1.807) is 6.26 Å². The van der Waals surface area contributed by atoms with Crippen molar-refractivity contribution in [3.63, 3.8) is 0 Å². The van der Waals surface area contributed by atoms with Crippen LogP contribution in [0.1, 0.15) is 11.1 Å². The average molecular weight is 397 g/mol. The Kier molecular flexibility index (Phi) is 5.01. The molecule has 10 heteroatoms. The van der Waals surface area contributed by atoms with Gasteiger partial charge in [-0.25, -0.2) is 4.79 Å². The third-order valence-electron chi connectivity index (χ3n) is 4.16. The van der Waals surface area contributed by atoms with Crippen molar-refractivity contribution in [1.82, 2.24) is 0 Å². The van der Waals surface area contributed by atoms with Gasteiger partial charge in [-0.15, -0.1) is 11.8 Å². The number of benzene rings is 2. The number of amides is 2. The predicted molar refractivity (Wildman–Crippen MR) is 96.4 cm³/mol. The predicted octanol–water partition coefficient (Wildman–Crippen LogP) is 4.93. The number of anilines is 2. The van der Waals surface area contributed by atoms with Gasteiger partial charge in [0.25, 0.3) is 5.69 Å². The van der Waals surface area contributed by atoms with Crippen molar-refractivity contribution in [1.29, 1.82) is 0 Å². The van der Waals surface area contributed by atoms with Crippen molar-refractivity contribution in [2.45, 2.75) is 17.5 Å². The molecular weight excluding hydrogens is 383 g/mol. The average Bonchev–Trinajstić information content (AvgIpc) is 3.03. The van der Waals surface area contributed by atoms with Crippen LogP contribution in [-0.4, -0.2) is 23.8 Å². The zero-order valence-corrected chi connectivity index (χ0v) is 14.9. The van der Waals surface area contributed by atoms with Gasteiger partial charge in [-0.1, -0.05) is 6.07 Å². The lowest BCUT2D eigenvalue weighted by Crippen LogP contribution is -2.33. The molecule has 0 bridgehead atoms. The van der Waals surface area contributed by atoms with Gasteiger partial charge in [0.05, 0.1) is 10.5 Å². The van der Waals surface area contributed by atoms with Crippen LogP contribution in [0.25, 0.3) is 0 Å². The number of non-ortho nitro benzene ring substituents is 1. The molecule has 0 atom stereocenters. The summed E-state index contributed by atoms with van der Waals surface area (Å²) in [7, 11) is 0. The molecule has 1 heterocycles. The van der Waals surface area contributed by atoms with Gasteiger partial charge in [-0.05, 0) is 36.4 Å². The third kappa shape index (κ3) is 3.85. The van der Waals surface area contributed by atoms with E-state index in [0.717, 1.165) is 17.8 Å². The molecule has 0 aromatic heterocycles. The molecule has 142 valence electrons. The van der Waals surface area contributed by atoms with Crippen molar-refractivity contribution in [2.24, 2.45) is 0 Å². The maximum Gasteiger partial charge on any atom is 0.417 e. The van der Waals surface area contributed by atoms with Crippen molar-refractivity contribution >= 4 is 34.9 Å². The number of carbonyl (C=O) groups excluding carboxylic acids is 1. The Bertz CT molecular complexity index is 918. The highest BCUT2D eigenvalue weighted by Crippen LogP contribution is 2.42. The molecule has 1 aliphatic rings. The van der Waals surface area contributed by atoms with Crippen LogP contribution in [0, 0.1) is 10.1 Å². The van der Waals surface area contributed by atoms with E-state index in [4.69, 9.17) is 0 Å². The van der Waals surface area contributed by atoms with Gasteiger partial charge in [0, 0.05) is 34.9 Å². The fourth-order valence-corrected chi connectivity index (χ4v) is 3.56. The largest absolute Gasteiger partial charge is 0.417 e. The maximum atomic E-state index is 13.3. The van der Waals surface area contributed by atoms with Gasteiger partial charge in [0.2, 0.25) is 0 Å². The fraction of sp³-hybridized carbons (Fsp3) is 0.235. The number of thioether (sulfide) groups is 1. The van der Waals surface area contributed by atoms with E-state index in [2.05, 4.69) is 5.32 Å². The minimum Gasteiger partial charge on any atom is -0.307 e. The summed E-state index contributed by atoms with van der Waals surface area (Å²) < 4.78 is 39.9. The number of rotatable bonds is 3. The second-order valence-electron chi connectivity index (χ2n) is 5.82. The first-order valence-corrected chi connectivity index (χ1v) is 9.04. The summed E-state index contributed by atoms with van der Waals surface area (Å²) in [5, 5.41) is 13.3. The van der Waals surface area contributed by atoms with E-state index in [-0.39, 0.29) is 28.5 Å². The maximum absolute atomic E-state index is 13.3. The van der Waals surface area contributed by atoms with E-state index in [1.165, 1.54) is 35.2 Å². The van der Waals surface area contributed by atoms with Gasteiger partial charge in [0.15, 0.2) is 0 Å². The monoisotopic (exact) mass is 397 g/mol. The Hall–Kier alpha value is -2.75. The number of halogens is 3. The summed E-state index contributed by atoms with van der Waals surface area (Å²) in [6.07, 6.45) is -2.53. The Morgan fingerprint density at radius 3 is 2.67 bits per heavy atom. The van der Waals surface area contributed by atoms with Gasteiger partial charge < -0.3 is 5.32 Å². The minimum absolute atomic E-state index is 0.113. The van der Waals surface area contributed by atoms with E-state index < -0.39 is 22.7 Å². The molecule has 1 aliphatic heterocycles. The highest BCUT2D eigenvalue weighted by molar-refractivity contribution is 7.98.